The molecule has 1 aliphatic rings. The zero-order valence-electron chi connectivity index (χ0n) is 13.9. The predicted octanol–water partition coefficient (Wildman–Crippen LogP) is 2.81. The van der Waals surface area contributed by atoms with Crippen molar-refractivity contribution in [2.24, 2.45) is 0 Å². The lowest BCUT2D eigenvalue weighted by atomic mass is 10.1. The van der Waals surface area contributed by atoms with Crippen molar-refractivity contribution >= 4 is 5.82 Å². The lowest BCUT2D eigenvalue weighted by Crippen LogP contribution is -2.42. The van der Waals surface area contributed by atoms with E-state index < -0.39 is 0 Å². The summed E-state index contributed by atoms with van der Waals surface area (Å²) in [6, 6.07) is 2.57. The molecule has 0 amide bonds. The first-order valence-corrected chi connectivity index (χ1v) is 7.99. The van der Waals surface area contributed by atoms with Gasteiger partial charge >= 0.3 is 0 Å². The molecule has 2 rings (SSSR count). The zero-order valence-corrected chi connectivity index (χ0v) is 13.9. The summed E-state index contributed by atoms with van der Waals surface area (Å²) in [5, 5.41) is 3.30. The van der Waals surface area contributed by atoms with Crippen molar-refractivity contribution in [3.8, 4) is 0 Å². The number of hydrogen-bond donors (Lipinski definition) is 1. The number of aromatic nitrogens is 2. The lowest BCUT2D eigenvalue weighted by Gasteiger charge is -2.35. The van der Waals surface area contributed by atoms with Gasteiger partial charge in [0.1, 0.15) is 11.9 Å². The number of hydrogen-bond acceptors (Lipinski definition) is 5. The Balaban J connectivity index is 2.24. The second-order valence-corrected chi connectivity index (χ2v) is 6.17. The van der Waals surface area contributed by atoms with Gasteiger partial charge in [0.15, 0.2) is 5.82 Å². The van der Waals surface area contributed by atoms with Gasteiger partial charge in [-0.25, -0.2) is 9.97 Å². The summed E-state index contributed by atoms with van der Waals surface area (Å²) in [5.74, 6) is 2.09. The van der Waals surface area contributed by atoms with Gasteiger partial charge in [0.25, 0.3) is 0 Å². The molecule has 1 aromatic heterocycles. The van der Waals surface area contributed by atoms with Gasteiger partial charge in [-0.3, -0.25) is 4.90 Å². The molecule has 0 aromatic carbocycles. The first-order chi connectivity index (χ1) is 10.0. The molecule has 1 aromatic rings. The van der Waals surface area contributed by atoms with Crippen LogP contribution in [0.2, 0.25) is 0 Å². The van der Waals surface area contributed by atoms with Crippen LogP contribution in [-0.4, -0.2) is 47.2 Å². The van der Waals surface area contributed by atoms with Crippen LogP contribution in [0.4, 0.5) is 5.82 Å². The van der Waals surface area contributed by atoms with E-state index in [9.17, 15) is 0 Å². The zero-order chi connectivity index (χ0) is 15.4. The molecule has 0 aliphatic carbocycles. The molecule has 0 bridgehead atoms. The Morgan fingerprint density at radius 3 is 2.71 bits per heavy atom. The molecular formula is C16H28N4O. The number of rotatable bonds is 5. The van der Waals surface area contributed by atoms with E-state index in [1.54, 1.807) is 0 Å². The maximum absolute atomic E-state index is 5.92. The van der Waals surface area contributed by atoms with Crippen molar-refractivity contribution in [2.75, 3.05) is 31.6 Å². The molecular weight excluding hydrogens is 264 g/mol. The number of nitrogens with zero attached hydrogens (tertiary/aromatic N) is 3. The molecule has 1 aliphatic heterocycles. The van der Waals surface area contributed by atoms with Crippen LogP contribution in [0.5, 0.6) is 0 Å². The Kier molecular flexibility index (Phi) is 5.53. The number of nitrogens with one attached hydrogen (secondary N) is 1. The summed E-state index contributed by atoms with van der Waals surface area (Å²) >= 11 is 0. The second-order valence-electron chi connectivity index (χ2n) is 6.17. The van der Waals surface area contributed by atoms with E-state index in [0.29, 0.717) is 12.0 Å². The second kappa shape index (κ2) is 7.18. The van der Waals surface area contributed by atoms with Crippen molar-refractivity contribution in [3.05, 3.63) is 17.6 Å². The molecule has 1 fully saturated rings. The normalized spacial score (nSPS) is 20.2. The maximum Gasteiger partial charge on any atom is 0.161 e. The Bertz CT molecular complexity index is 462. The summed E-state index contributed by atoms with van der Waals surface area (Å²) in [7, 11) is 0. The minimum absolute atomic E-state index is 0.0303. The van der Waals surface area contributed by atoms with Crippen LogP contribution in [0.25, 0.3) is 0 Å². The average molecular weight is 292 g/mol. The Morgan fingerprint density at radius 2 is 2.10 bits per heavy atom. The molecule has 0 saturated carbocycles. The number of morpholine rings is 1. The molecule has 1 atom stereocenters. The lowest BCUT2D eigenvalue weighted by molar-refractivity contribution is -0.0443. The fourth-order valence-electron chi connectivity index (χ4n) is 2.49. The highest BCUT2D eigenvalue weighted by molar-refractivity contribution is 5.37. The van der Waals surface area contributed by atoms with Crippen LogP contribution in [0.15, 0.2) is 6.07 Å². The van der Waals surface area contributed by atoms with Gasteiger partial charge in [0.05, 0.1) is 6.61 Å². The predicted molar refractivity (Wildman–Crippen MR) is 85.7 cm³/mol. The molecule has 2 heterocycles. The van der Waals surface area contributed by atoms with E-state index in [0.717, 1.165) is 43.6 Å². The highest BCUT2D eigenvalue weighted by Gasteiger charge is 2.26. The van der Waals surface area contributed by atoms with Crippen molar-refractivity contribution in [1.29, 1.82) is 0 Å². The van der Waals surface area contributed by atoms with Crippen LogP contribution < -0.4 is 5.32 Å². The summed E-state index contributed by atoms with van der Waals surface area (Å²) in [6.45, 7) is 14.3. The van der Waals surface area contributed by atoms with Crippen molar-refractivity contribution in [2.45, 2.75) is 52.7 Å². The van der Waals surface area contributed by atoms with E-state index >= 15 is 0 Å². The highest BCUT2D eigenvalue weighted by Crippen LogP contribution is 2.24. The standard InChI is InChI=1S/C16H28N4O/c1-6-17-15-9-13(11(2)3)18-16(19-15)14-10-20(12(4)5)7-8-21-14/h9,11-12,14H,6-8,10H2,1-5H3,(H,17,18,19). The molecule has 118 valence electrons. The molecule has 0 radical (unpaired) electrons. The minimum atomic E-state index is -0.0303. The fraction of sp³-hybridized carbons (Fsp3) is 0.750. The van der Waals surface area contributed by atoms with Gasteiger partial charge in [-0.15, -0.1) is 0 Å². The summed E-state index contributed by atoms with van der Waals surface area (Å²) < 4.78 is 5.92. The molecule has 1 N–H and O–H groups in total. The van der Waals surface area contributed by atoms with Gasteiger partial charge in [-0.05, 0) is 26.7 Å². The Hall–Kier alpha value is -1.20. The third kappa shape index (κ3) is 4.14. The Morgan fingerprint density at radius 1 is 1.33 bits per heavy atom. The van der Waals surface area contributed by atoms with E-state index in [4.69, 9.17) is 9.72 Å². The monoisotopic (exact) mass is 292 g/mol. The molecule has 5 nitrogen and oxygen atoms in total. The smallest absolute Gasteiger partial charge is 0.161 e. The van der Waals surface area contributed by atoms with Crippen LogP contribution >= 0.6 is 0 Å². The minimum Gasteiger partial charge on any atom is -0.370 e. The highest BCUT2D eigenvalue weighted by atomic mass is 16.5. The topological polar surface area (TPSA) is 50.3 Å². The van der Waals surface area contributed by atoms with Gasteiger partial charge < -0.3 is 10.1 Å². The first kappa shape index (κ1) is 16.2. The van der Waals surface area contributed by atoms with E-state index in [1.807, 2.05) is 6.07 Å². The quantitative estimate of drug-likeness (QED) is 0.904. The van der Waals surface area contributed by atoms with E-state index in [1.165, 1.54) is 0 Å². The molecule has 21 heavy (non-hydrogen) atoms. The summed E-state index contributed by atoms with van der Waals surface area (Å²) in [4.78, 5) is 11.8. The van der Waals surface area contributed by atoms with Crippen LogP contribution in [0.3, 0.4) is 0 Å². The van der Waals surface area contributed by atoms with E-state index in [2.05, 4.69) is 49.8 Å². The van der Waals surface area contributed by atoms with Gasteiger partial charge in [0.2, 0.25) is 0 Å². The number of anilines is 1. The van der Waals surface area contributed by atoms with E-state index in [-0.39, 0.29) is 6.10 Å². The van der Waals surface area contributed by atoms with Crippen molar-refractivity contribution < 1.29 is 4.74 Å². The third-order valence-electron chi connectivity index (χ3n) is 3.83. The van der Waals surface area contributed by atoms with Crippen LogP contribution in [-0.2, 0) is 4.74 Å². The molecule has 5 heteroatoms. The van der Waals surface area contributed by atoms with Crippen molar-refractivity contribution in [3.63, 3.8) is 0 Å². The maximum atomic E-state index is 5.92. The molecule has 1 saturated heterocycles. The fourth-order valence-corrected chi connectivity index (χ4v) is 2.49. The van der Waals surface area contributed by atoms with Gasteiger partial charge in [-0.2, -0.15) is 0 Å². The van der Waals surface area contributed by atoms with Crippen LogP contribution in [0.1, 0.15) is 58.2 Å². The SMILES string of the molecule is CCNc1cc(C(C)C)nc(C2CN(C(C)C)CCO2)n1. The Labute approximate surface area is 128 Å². The van der Waals surface area contributed by atoms with Crippen LogP contribution in [0, 0.1) is 0 Å². The van der Waals surface area contributed by atoms with Gasteiger partial charge in [0, 0.05) is 37.4 Å². The summed E-state index contributed by atoms with van der Waals surface area (Å²) in [6.07, 6.45) is -0.0303. The average Bonchev–Trinajstić information content (AvgIpc) is 2.47. The van der Waals surface area contributed by atoms with Crippen molar-refractivity contribution in [1.82, 2.24) is 14.9 Å². The molecule has 1 unspecified atom stereocenters. The summed E-state index contributed by atoms with van der Waals surface area (Å²) in [5.41, 5.74) is 1.07. The number of ether oxygens (including phenoxy) is 1. The van der Waals surface area contributed by atoms with Gasteiger partial charge in [-0.1, -0.05) is 13.8 Å². The third-order valence-corrected chi connectivity index (χ3v) is 3.83. The largest absolute Gasteiger partial charge is 0.370 e. The first-order valence-electron chi connectivity index (χ1n) is 7.99. The molecule has 0 spiro atoms.